The Hall–Kier alpha value is -0.170. The molecule has 0 bridgehead atoms. The minimum atomic E-state index is -3.30. The molecule has 76 valence electrons. The Labute approximate surface area is 77.9 Å². The highest BCUT2D eigenvalue weighted by molar-refractivity contribution is 7.89. The Morgan fingerprint density at radius 1 is 1.38 bits per heavy atom. The highest BCUT2D eigenvalue weighted by Gasteiger charge is 2.36. The molecule has 2 N–H and O–H groups in total. The van der Waals surface area contributed by atoms with Crippen LogP contribution in [0.25, 0.3) is 0 Å². The summed E-state index contributed by atoms with van der Waals surface area (Å²) in [6.45, 7) is 3.77. The van der Waals surface area contributed by atoms with Crippen molar-refractivity contribution in [2.24, 2.45) is 11.1 Å². The van der Waals surface area contributed by atoms with E-state index >= 15 is 0 Å². The summed E-state index contributed by atoms with van der Waals surface area (Å²) < 4.78 is 26.7. The van der Waals surface area contributed by atoms with Gasteiger partial charge >= 0.3 is 0 Å². The van der Waals surface area contributed by atoms with Crippen LogP contribution >= 0.6 is 0 Å². The van der Waals surface area contributed by atoms with Crippen LogP contribution in [0.3, 0.4) is 0 Å². The van der Waals surface area contributed by atoms with Gasteiger partial charge in [-0.1, -0.05) is 0 Å². The summed E-state index contributed by atoms with van der Waals surface area (Å²) in [6.07, 6.45) is 0. The van der Waals surface area contributed by atoms with Gasteiger partial charge in [-0.3, -0.25) is 0 Å². The smallest absolute Gasteiger partial charge is 0.214 e. The van der Waals surface area contributed by atoms with Crippen LogP contribution in [0.1, 0.15) is 0 Å². The molecule has 0 aliphatic carbocycles. The molecule has 0 spiro atoms. The van der Waals surface area contributed by atoms with Gasteiger partial charge in [0.15, 0.2) is 0 Å². The highest BCUT2D eigenvalue weighted by Crippen LogP contribution is 2.19. The van der Waals surface area contributed by atoms with Crippen molar-refractivity contribution in [3.63, 3.8) is 0 Å². The molecule has 0 atom stereocenters. The molecule has 2 heterocycles. The second kappa shape index (κ2) is 3.20. The van der Waals surface area contributed by atoms with Crippen molar-refractivity contribution in [1.29, 1.82) is 0 Å². The average molecular weight is 206 g/mol. The Morgan fingerprint density at radius 2 is 2.00 bits per heavy atom. The lowest BCUT2D eigenvalue weighted by Gasteiger charge is -2.41. The van der Waals surface area contributed by atoms with Crippen LogP contribution in [0.2, 0.25) is 0 Å². The van der Waals surface area contributed by atoms with Gasteiger partial charge in [-0.15, -0.1) is 0 Å². The first-order valence-corrected chi connectivity index (χ1v) is 5.98. The molecule has 0 saturated carbocycles. The van der Waals surface area contributed by atoms with Crippen LogP contribution in [0.15, 0.2) is 0 Å². The van der Waals surface area contributed by atoms with Gasteiger partial charge in [0.2, 0.25) is 10.0 Å². The van der Waals surface area contributed by atoms with E-state index in [0.29, 0.717) is 19.0 Å². The molecule has 2 rings (SSSR count). The van der Waals surface area contributed by atoms with Crippen LogP contribution in [-0.2, 0) is 14.8 Å². The first-order valence-electron chi connectivity index (χ1n) is 4.37. The fourth-order valence-electron chi connectivity index (χ4n) is 1.63. The minimum absolute atomic E-state index is 0.339. The molecule has 0 aromatic heterocycles. The van der Waals surface area contributed by atoms with Gasteiger partial charge in [0.05, 0.1) is 13.2 Å². The van der Waals surface area contributed by atoms with Crippen LogP contribution < -0.4 is 5.14 Å². The number of likely N-dealkylation sites (tertiary alicyclic amines) is 1. The Balaban J connectivity index is 1.72. The summed E-state index contributed by atoms with van der Waals surface area (Å²) in [4.78, 5) is 2.11. The third-order valence-electron chi connectivity index (χ3n) is 2.61. The molecule has 0 unspecified atom stereocenters. The van der Waals surface area contributed by atoms with Gasteiger partial charge < -0.3 is 9.64 Å². The molecular formula is C7H14N2O3S. The molecule has 0 amide bonds. The van der Waals surface area contributed by atoms with Gasteiger partial charge in [-0.2, -0.15) is 0 Å². The van der Waals surface area contributed by atoms with Gasteiger partial charge in [-0.25, -0.2) is 13.6 Å². The molecule has 2 fully saturated rings. The van der Waals surface area contributed by atoms with Crippen molar-refractivity contribution in [1.82, 2.24) is 4.90 Å². The molecule has 5 nitrogen and oxygen atoms in total. The summed E-state index contributed by atoms with van der Waals surface area (Å²) in [5, 5.41) is 4.66. The highest BCUT2D eigenvalue weighted by atomic mass is 32.2. The number of hydrogen-bond donors (Lipinski definition) is 1. The van der Waals surface area contributed by atoms with Crippen molar-refractivity contribution < 1.29 is 13.2 Å². The van der Waals surface area contributed by atoms with Gasteiger partial charge in [0.25, 0.3) is 0 Å². The normalized spacial score (nSPS) is 26.8. The van der Waals surface area contributed by atoms with E-state index in [1.54, 1.807) is 0 Å². The second-order valence-electron chi connectivity index (χ2n) is 3.83. The lowest BCUT2D eigenvalue weighted by atomic mass is 10.1. The fraction of sp³-hybridized carbons (Fsp3) is 1.00. The number of nitrogens with zero attached hydrogens (tertiary/aromatic N) is 1. The molecular weight excluding hydrogens is 192 g/mol. The zero-order chi connectivity index (χ0) is 9.47. The van der Waals surface area contributed by atoms with E-state index in [2.05, 4.69) is 4.90 Å². The number of sulfonamides is 1. The van der Waals surface area contributed by atoms with E-state index in [1.165, 1.54) is 0 Å². The largest absolute Gasteiger partial charge is 0.381 e. The number of ether oxygens (including phenoxy) is 1. The predicted octanol–water partition coefficient (Wildman–Crippen LogP) is -1.39. The molecule has 0 aromatic carbocycles. The number of hydrogen-bond acceptors (Lipinski definition) is 4. The fourth-order valence-corrected chi connectivity index (χ4v) is 2.47. The predicted molar refractivity (Wildman–Crippen MR) is 47.6 cm³/mol. The third kappa shape index (κ3) is 2.01. The molecule has 2 saturated heterocycles. The summed E-state index contributed by atoms with van der Waals surface area (Å²) in [7, 11) is -3.30. The SMILES string of the molecule is NS(=O)(=O)C1CN(CC2COC2)C1. The van der Waals surface area contributed by atoms with E-state index in [-0.39, 0.29) is 5.25 Å². The quantitative estimate of drug-likeness (QED) is 0.617. The van der Waals surface area contributed by atoms with E-state index in [4.69, 9.17) is 9.88 Å². The Morgan fingerprint density at radius 3 is 2.38 bits per heavy atom. The maximum absolute atomic E-state index is 10.9. The number of primary sulfonamides is 1. The van der Waals surface area contributed by atoms with Gasteiger partial charge in [0, 0.05) is 25.6 Å². The molecule has 0 radical (unpaired) electrons. The first-order chi connectivity index (χ1) is 6.05. The molecule has 2 aliphatic rings. The average Bonchev–Trinajstić information content (AvgIpc) is 1.76. The zero-order valence-corrected chi connectivity index (χ0v) is 8.16. The van der Waals surface area contributed by atoms with E-state index in [9.17, 15) is 8.42 Å². The van der Waals surface area contributed by atoms with Crippen molar-refractivity contribution in [2.45, 2.75) is 5.25 Å². The van der Waals surface area contributed by atoms with Gasteiger partial charge in [-0.05, 0) is 0 Å². The van der Waals surface area contributed by atoms with Crippen LogP contribution in [-0.4, -0.2) is 51.4 Å². The topological polar surface area (TPSA) is 72.6 Å². The monoisotopic (exact) mass is 206 g/mol. The molecule has 13 heavy (non-hydrogen) atoms. The summed E-state index contributed by atoms with van der Waals surface area (Å²) in [5.74, 6) is 0.599. The summed E-state index contributed by atoms with van der Waals surface area (Å²) in [6, 6.07) is 0. The van der Waals surface area contributed by atoms with Crippen LogP contribution in [0.5, 0.6) is 0 Å². The summed E-state index contributed by atoms with van der Waals surface area (Å²) in [5.41, 5.74) is 0. The Bertz CT molecular complexity index is 280. The maximum atomic E-state index is 10.9. The number of nitrogens with two attached hydrogens (primary N) is 1. The standard InChI is InChI=1S/C7H14N2O3S/c8-13(10,11)7-2-9(3-7)1-6-4-12-5-6/h6-7H,1-5H2,(H2,8,10,11). The van der Waals surface area contributed by atoms with Crippen LogP contribution in [0.4, 0.5) is 0 Å². The van der Waals surface area contributed by atoms with Crippen molar-refractivity contribution in [3.8, 4) is 0 Å². The zero-order valence-electron chi connectivity index (χ0n) is 7.35. The van der Waals surface area contributed by atoms with E-state index in [0.717, 1.165) is 19.8 Å². The van der Waals surface area contributed by atoms with Crippen molar-refractivity contribution in [2.75, 3.05) is 32.8 Å². The number of rotatable bonds is 3. The molecule has 2 aliphatic heterocycles. The lowest BCUT2D eigenvalue weighted by Crippen LogP contribution is -2.58. The molecule has 0 aromatic rings. The van der Waals surface area contributed by atoms with Crippen molar-refractivity contribution >= 4 is 10.0 Å². The van der Waals surface area contributed by atoms with Crippen LogP contribution in [0, 0.1) is 5.92 Å². The summed E-state index contributed by atoms with van der Waals surface area (Å²) >= 11 is 0. The first kappa shape index (κ1) is 9.39. The minimum Gasteiger partial charge on any atom is -0.381 e. The van der Waals surface area contributed by atoms with Crippen molar-refractivity contribution in [3.05, 3.63) is 0 Å². The van der Waals surface area contributed by atoms with Gasteiger partial charge in [0.1, 0.15) is 5.25 Å². The lowest BCUT2D eigenvalue weighted by molar-refractivity contribution is -0.0530. The van der Waals surface area contributed by atoms with E-state index < -0.39 is 10.0 Å². The second-order valence-corrected chi connectivity index (χ2v) is 5.68. The molecule has 6 heteroatoms. The third-order valence-corrected chi connectivity index (χ3v) is 3.84. The van der Waals surface area contributed by atoms with E-state index in [1.807, 2.05) is 0 Å². The maximum Gasteiger partial charge on any atom is 0.214 e. The Kier molecular flexibility index (Phi) is 2.31.